The first kappa shape index (κ1) is 22.6. The van der Waals surface area contributed by atoms with Crippen LogP contribution in [0, 0.1) is 11.8 Å². The fourth-order valence-corrected chi connectivity index (χ4v) is 6.06. The van der Waals surface area contributed by atoms with E-state index in [-0.39, 0.29) is 30.6 Å². The molecule has 154 valence electrons. The lowest BCUT2D eigenvalue weighted by Crippen LogP contribution is -2.60. The van der Waals surface area contributed by atoms with Crippen LogP contribution >= 0.6 is 11.8 Å². The molecule has 1 saturated heterocycles. The van der Waals surface area contributed by atoms with Gasteiger partial charge in [-0.25, -0.2) is 8.42 Å². The van der Waals surface area contributed by atoms with Gasteiger partial charge in [-0.05, 0) is 38.1 Å². The molecule has 7 nitrogen and oxygen atoms in total. The molecule has 9 heteroatoms. The number of thioether (sulfide) groups is 1. The van der Waals surface area contributed by atoms with Crippen molar-refractivity contribution in [1.29, 1.82) is 0 Å². The second-order valence-corrected chi connectivity index (χ2v) is 10.3. The van der Waals surface area contributed by atoms with Gasteiger partial charge >= 0.3 is 0 Å². The van der Waals surface area contributed by atoms with Crippen molar-refractivity contribution in [3.05, 3.63) is 24.3 Å². The zero-order chi connectivity index (χ0) is 20.8. The number of aliphatic hydroxyl groups is 1. The van der Waals surface area contributed by atoms with Gasteiger partial charge in [0.25, 0.3) is 0 Å². The summed E-state index contributed by atoms with van der Waals surface area (Å²) in [7, 11) is -2.33. The van der Waals surface area contributed by atoms with Crippen LogP contribution in [-0.2, 0) is 14.8 Å². The predicted octanol–water partition coefficient (Wildman–Crippen LogP) is 1.08. The van der Waals surface area contributed by atoms with Crippen LogP contribution in [0.25, 0.3) is 0 Å². The number of carbonyl (C=O) groups is 1. The SMILES string of the molecule is CNC(=O)C1N(S(=O)(=O)c2ccc(OCC#CCCO)cc2)CCSC1(C)C. The molecule has 1 amide bonds. The van der Waals surface area contributed by atoms with Gasteiger partial charge in [0.2, 0.25) is 15.9 Å². The van der Waals surface area contributed by atoms with Crippen LogP contribution < -0.4 is 10.1 Å². The summed E-state index contributed by atoms with van der Waals surface area (Å²) < 4.78 is 32.6. The van der Waals surface area contributed by atoms with Gasteiger partial charge < -0.3 is 15.2 Å². The van der Waals surface area contributed by atoms with E-state index in [0.717, 1.165) is 0 Å². The topological polar surface area (TPSA) is 95.9 Å². The van der Waals surface area contributed by atoms with Crippen LogP contribution in [0.5, 0.6) is 5.75 Å². The number of amides is 1. The molecule has 28 heavy (non-hydrogen) atoms. The smallest absolute Gasteiger partial charge is 0.243 e. The van der Waals surface area contributed by atoms with Crippen molar-refractivity contribution in [3.8, 4) is 17.6 Å². The van der Waals surface area contributed by atoms with Crippen LogP contribution in [0.2, 0.25) is 0 Å². The molecule has 1 aliphatic heterocycles. The van der Waals surface area contributed by atoms with Gasteiger partial charge in [0.1, 0.15) is 18.4 Å². The Hall–Kier alpha value is -1.73. The van der Waals surface area contributed by atoms with Crippen LogP contribution in [0.4, 0.5) is 0 Å². The fourth-order valence-electron chi connectivity index (χ4n) is 2.95. The van der Waals surface area contributed by atoms with Crippen molar-refractivity contribution in [2.24, 2.45) is 0 Å². The van der Waals surface area contributed by atoms with Gasteiger partial charge in [-0.15, -0.1) is 0 Å². The van der Waals surface area contributed by atoms with Crippen LogP contribution in [0.1, 0.15) is 20.3 Å². The summed E-state index contributed by atoms with van der Waals surface area (Å²) >= 11 is 1.59. The van der Waals surface area contributed by atoms with Crippen molar-refractivity contribution in [2.45, 2.75) is 36.0 Å². The van der Waals surface area contributed by atoms with Crippen molar-refractivity contribution >= 4 is 27.7 Å². The summed E-state index contributed by atoms with van der Waals surface area (Å²) in [6.45, 7) is 4.19. The second-order valence-electron chi connectivity index (χ2n) is 6.67. The molecule has 0 aromatic heterocycles. The van der Waals surface area contributed by atoms with E-state index in [4.69, 9.17) is 9.84 Å². The lowest BCUT2D eigenvalue weighted by molar-refractivity contribution is -0.125. The normalized spacial score (nSPS) is 19.4. The van der Waals surface area contributed by atoms with E-state index in [1.165, 1.54) is 23.5 Å². The highest BCUT2D eigenvalue weighted by molar-refractivity contribution is 8.00. The quantitative estimate of drug-likeness (QED) is 0.661. The number of likely N-dealkylation sites (N-methyl/N-ethyl adjacent to an activating group) is 1. The summed E-state index contributed by atoms with van der Waals surface area (Å²) in [5, 5.41) is 11.3. The molecule has 1 heterocycles. The van der Waals surface area contributed by atoms with Crippen LogP contribution in [0.3, 0.4) is 0 Å². The Morgan fingerprint density at radius 3 is 2.64 bits per heavy atom. The van der Waals surface area contributed by atoms with Gasteiger partial charge in [0.05, 0.1) is 11.5 Å². The Morgan fingerprint density at radius 1 is 1.36 bits per heavy atom. The number of benzene rings is 1. The molecule has 0 bridgehead atoms. The third-order valence-electron chi connectivity index (χ3n) is 4.33. The highest BCUT2D eigenvalue weighted by atomic mass is 32.2. The first-order chi connectivity index (χ1) is 13.2. The molecule has 1 fully saturated rings. The third-order valence-corrected chi connectivity index (χ3v) is 7.56. The Morgan fingerprint density at radius 2 is 2.04 bits per heavy atom. The molecule has 1 aromatic rings. The Labute approximate surface area is 170 Å². The van der Waals surface area contributed by atoms with Crippen LogP contribution in [0.15, 0.2) is 29.2 Å². The maximum atomic E-state index is 13.2. The molecule has 1 aromatic carbocycles. The monoisotopic (exact) mass is 426 g/mol. The highest BCUT2D eigenvalue weighted by Crippen LogP contribution is 2.38. The number of hydrogen-bond acceptors (Lipinski definition) is 6. The molecule has 0 aliphatic carbocycles. The van der Waals surface area contributed by atoms with Crippen molar-refractivity contribution < 1.29 is 23.1 Å². The molecular formula is C19H26N2O5S2. The van der Waals surface area contributed by atoms with E-state index in [9.17, 15) is 13.2 Å². The summed E-state index contributed by atoms with van der Waals surface area (Å²) in [6.07, 6.45) is 0.386. The molecular weight excluding hydrogens is 400 g/mol. The predicted molar refractivity (Wildman–Crippen MR) is 110 cm³/mol. The third kappa shape index (κ3) is 5.20. The average Bonchev–Trinajstić information content (AvgIpc) is 2.66. The van der Waals surface area contributed by atoms with E-state index in [1.54, 1.807) is 23.9 Å². The molecule has 0 radical (unpaired) electrons. The Balaban J connectivity index is 2.21. The molecule has 1 aliphatic rings. The van der Waals surface area contributed by atoms with Gasteiger partial charge in [-0.2, -0.15) is 16.1 Å². The summed E-state index contributed by atoms with van der Waals surface area (Å²) in [4.78, 5) is 12.6. The lowest BCUT2D eigenvalue weighted by Gasteiger charge is -2.43. The van der Waals surface area contributed by atoms with Crippen LogP contribution in [-0.4, -0.2) is 67.1 Å². The number of nitrogens with one attached hydrogen (secondary N) is 1. The van der Waals surface area contributed by atoms with E-state index in [0.29, 0.717) is 17.9 Å². The Kier molecular flexibility index (Phi) is 7.78. The Bertz CT molecular complexity index is 841. The molecule has 1 unspecified atom stereocenters. The minimum absolute atomic E-state index is 0.00240. The molecule has 1 atom stereocenters. The lowest BCUT2D eigenvalue weighted by atomic mass is 10.0. The van der Waals surface area contributed by atoms with Gasteiger partial charge in [0.15, 0.2) is 0 Å². The maximum absolute atomic E-state index is 13.2. The number of ether oxygens (including phenoxy) is 1. The van der Waals surface area contributed by atoms with Crippen molar-refractivity contribution in [3.63, 3.8) is 0 Å². The largest absolute Gasteiger partial charge is 0.481 e. The number of sulfonamides is 1. The average molecular weight is 427 g/mol. The van der Waals surface area contributed by atoms with E-state index in [2.05, 4.69) is 17.2 Å². The maximum Gasteiger partial charge on any atom is 0.243 e. The van der Waals surface area contributed by atoms with Gasteiger partial charge in [-0.1, -0.05) is 11.8 Å². The van der Waals surface area contributed by atoms with E-state index in [1.807, 2.05) is 13.8 Å². The molecule has 2 N–H and O–H groups in total. The van der Waals surface area contributed by atoms with Crippen molar-refractivity contribution in [2.75, 3.05) is 32.6 Å². The highest BCUT2D eigenvalue weighted by Gasteiger charge is 2.47. The molecule has 0 saturated carbocycles. The second kappa shape index (κ2) is 9.65. The number of carbonyl (C=O) groups excluding carboxylic acids is 1. The van der Waals surface area contributed by atoms with E-state index >= 15 is 0 Å². The zero-order valence-corrected chi connectivity index (χ0v) is 17.9. The number of aliphatic hydroxyl groups excluding tert-OH is 1. The first-order valence-corrected chi connectivity index (χ1v) is 11.3. The fraction of sp³-hybridized carbons (Fsp3) is 0.526. The number of hydrogen-bond donors (Lipinski definition) is 2. The zero-order valence-electron chi connectivity index (χ0n) is 16.3. The van der Waals surface area contributed by atoms with E-state index < -0.39 is 20.8 Å². The first-order valence-electron chi connectivity index (χ1n) is 8.91. The standard InChI is InChI=1S/C19H26N2O5S2/c1-19(2)17(18(23)20-3)21(11-14-27-19)28(24,25)16-9-7-15(8-10-16)26-13-6-4-5-12-22/h7-10,17,22H,5,11-14H2,1-3H3,(H,20,23). The summed E-state index contributed by atoms with van der Waals surface area (Å²) in [6, 6.07) is 5.29. The molecule has 2 rings (SSSR count). The summed E-state index contributed by atoms with van der Waals surface area (Å²) in [5.74, 6) is 6.30. The van der Waals surface area contributed by atoms with Crippen molar-refractivity contribution in [1.82, 2.24) is 9.62 Å². The number of rotatable bonds is 6. The van der Waals surface area contributed by atoms with Gasteiger partial charge in [0, 0.05) is 30.5 Å². The minimum Gasteiger partial charge on any atom is -0.481 e. The van der Waals surface area contributed by atoms with Gasteiger partial charge in [-0.3, -0.25) is 4.79 Å². The molecule has 0 spiro atoms. The number of nitrogens with zero attached hydrogens (tertiary/aromatic N) is 1. The minimum atomic E-state index is -3.84. The summed E-state index contributed by atoms with van der Waals surface area (Å²) in [5.41, 5.74) is 0.